The summed E-state index contributed by atoms with van der Waals surface area (Å²) < 4.78 is 4.65. The second kappa shape index (κ2) is 7.86. The largest absolute Gasteiger partial charge is 0.465 e. The average molecular weight is 369 g/mol. The molecule has 0 aromatic heterocycles. The van der Waals surface area contributed by atoms with Gasteiger partial charge in [-0.25, -0.2) is 4.79 Å². The van der Waals surface area contributed by atoms with Crippen LogP contribution in [-0.4, -0.2) is 37.0 Å². The lowest BCUT2D eigenvalue weighted by atomic mass is 10.1. The van der Waals surface area contributed by atoms with Crippen LogP contribution in [0.1, 0.15) is 33.6 Å². The second-order valence-corrected chi connectivity index (χ2v) is 6.18. The molecule has 27 heavy (non-hydrogen) atoms. The number of ether oxygens (including phenoxy) is 1. The van der Waals surface area contributed by atoms with Gasteiger partial charge in [-0.3, -0.25) is 14.9 Å². The van der Waals surface area contributed by atoms with Gasteiger partial charge in [0.25, 0.3) is 11.6 Å². The zero-order valence-electron chi connectivity index (χ0n) is 14.8. The number of carbonyl (C=O) groups is 2. The van der Waals surface area contributed by atoms with Crippen molar-refractivity contribution in [1.82, 2.24) is 0 Å². The van der Waals surface area contributed by atoms with Crippen LogP contribution >= 0.6 is 0 Å². The van der Waals surface area contributed by atoms with Crippen molar-refractivity contribution in [1.29, 1.82) is 0 Å². The summed E-state index contributed by atoms with van der Waals surface area (Å²) in [5.74, 6) is -1.01. The number of benzene rings is 2. The summed E-state index contributed by atoms with van der Waals surface area (Å²) in [7, 11) is 1.27. The summed E-state index contributed by atoms with van der Waals surface area (Å²) in [6, 6.07) is 10.8. The first-order valence-corrected chi connectivity index (χ1v) is 8.52. The maximum Gasteiger partial charge on any atom is 0.337 e. The smallest absolute Gasteiger partial charge is 0.337 e. The third-order valence-electron chi connectivity index (χ3n) is 4.42. The number of anilines is 2. The van der Waals surface area contributed by atoms with Gasteiger partial charge in [0.1, 0.15) is 5.69 Å². The molecule has 0 saturated carbocycles. The van der Waals surface area contributed by atoms with Gasteiger partial charge < -0.3 is 15.0 Å². The number of hydrogen-bond acceptors (Lipinski definition) is 6. The Balaban J connectivity index is 1.83. The summed E-state index contributed by atoms with van der Waals surface area (Å²) in [6.07, 6.45) is 1.99. The van der Waals surface area contributed by atoms with E-state index in [-0.39, 0.29) is 11.3 Å². The molecule has 8 nitrogen and oxygen atoms in total. The standard InChI is InChI=1S/C19H19N3O5/c1-27-19(24)14-5-4-6-15(11-14)20-18(23)13-7-8-16(17(12-13)22(25)26)21-9-2-3-10-21/h4-8,11-12H,2-3,9-10H2,1H3,(H,20,23). The molecule has 1 amide bonds. The van der Waals surface area contributed by atoms with Gasteiger partial charge >= 0.3 is 5.97 Å². The van der Waals surface area contributed by atoms with Crippen LogP contribution in [-0.2, 0) is 4.74 Å². The molecule has 3 rings (SSSR count). The molecule has 1 aliphatic rings. The van der Waals surface area contributed by atoms with Gasteiger partial charge in [0.2, 0.25) is 0 Å². The maximum atomic E-state index is 12.5. The fourth-order valence-corrected chi connectivity index (χ4v) is 3.08. The Hall–Kier alpha value is -3.42. The lowest BCUT2D eigenvalue weighted by molar-refractivity contribution is -0.384. The van der Waals surface area contributed by atoms with Crippen LogP contribution < -0.4 is 10.2 Å². The highest BCUT2D eigenvalue weighted by atomic mass is 16.6. The molecule has 1 fully saturated rings. The molecule has 8 heteroatoms. The SMILES string of the molecule is COC(=O)c1cccc(NC(=O)c2ccc(N3CCCC3)c([N+](=O)[O-])c2)c1. The van der Waals surface area contributed by atoms with Crippen molar-refractivity contribution in [3.05, 3.63) is 63.7 Å². The van der Waals surface area contributed by atoms with Crippen molar-refractivity contribution in [3.63, 3.8) is 0 Å². The van der Waals surface area contributed by atoms with Gasteiger partial charge in [0.15, 0.2) is 0 Å². The maximum absolute atomic E-state index is 12.5. The van der Waals surface area contributed by atoms with Crippen LogP contribution in [0, 0.1) is 10.1 Å². The Morgan fingerprint density at radius 2 is 1.85 bits per heavy atom. The van der Waals surface area contributed by atoms with Crippen LogP contribution in [0.25, 0.3) is 0 Å². The van der Waals surface area contributed by atoms with Gasteiger partial charge in [-0.2, -0.15) is 0 Å². The average Bonchev–Trinajstić information content (AvgIpc) is 3.21. The molecule has 1 saturated heterocycles. The van der Waals surface area contributed by atoms with Crippen molar-refractivity contribution < 1.29 is 19.2 Å². The van der Waals surface area contributed by atoms with E-state index >= 15 is 0 Å². The number of nitrogens with zero attached hydrogens (tertiary/aromatic N) is 2. The molecule has 0 spiro atoms. The van der Waals surface area contributed by atoms with E-state index in [9.17, 15) is 19.7 Å². The molecule has 1 N–H and O–H groups in total. The predicted octanol–water partition coefficient (Wildman–Crippen LogP) is 3.23. The Labute approximate surface area is 155 Å². The van der Waals surface area contributed by atoms with E-state index < -0.39 is 16.8 Å². The molecule has 140 valence electrons. The van der Waals surface area contributed by atoms with E-state index in [0.29, 0.717) is 16.9 Å². The van der Waals surface area contributed by atoms with E-state index in [1.54, 1.807) is 30.3 Å². The van der Waals surface area contributed by atoms with Gasteiger partial charge in [-0.05, 0) is 43.2 Å². The second-order valence-electron chi connectivity index (χ2n) is 6.18. The first-order chi connectivity index (χ1) is 13.0. The summed E-state index contributed by atoms with van der Waals surface area (Å²) in [4.78, 5) is 37.0. The topological polar surface area (TPSA) is 102 Å². The summed E-state index contributed by atoms with van der Waals surface area (Å²) in [5.41, 5.74) is 1.31. The van der Waals surface area contributed by atoms with Gasteiger partial charge in [0.05, 0.1) is 17.6 Å². The Bertz CT molecular complexity index is 891. The van der Waals surface area contributed by atoms with Crippen molar-refractivity contribution >= 4 is 28.9 Å². The Kier molecular flexibility index (Phi) is 5.35. The van der Waals surface area contributed by atoms with Crippen LogP contribution in [0.15, 0.2) is 42.5 Å². The molecule has 2 aromatic carbocycles. The number of rotatable bonds is 5. The quantitative estimate of drug-likeness (QED) is 0.493. The monoisotopic (exact) mass is 369 g/mol. The molecular formula is C19H19N3O5. The number of nitrogens with one attached hydrogen (secondary N) is 1. The zero-order chi connectivity index (χ0) is 19.4. The van der Waals surface area contributed by atoms with Crippen molar-refractivity contribution in [2.45, 2.75) is 12.8 Å². The van der Waals surface area contributed by atoms with Crippen molar-refractivity contribution in [2.75, 3.05) is 30.4 Å². The normalized spacial score (nSPS) is 13.3. The first kappa shape index (κ1) is 18.4. The van der Waals surface area contributed by atoms with E-state index in [1.807, 2.05) is 4.90 Å². The minimum Gasteiger partial charge on any atom is -0.465 e. The number of esters is 1. The molecule has 2 aromatic rings. The van der Waals surface area contributed by atoms with E-state index in [4.69, 9.17) is 0 Å². The molecule has 0 unspecified atom stereocenters. The first-order valence-electron chi connectivity index (χ1n) is 8.52. The zero-order valence-corrected chi connectivity index (χ0v) is 14.8. The highest BCUT2D eigenvalue weighted by molar-refractivity contribution is 6.05. The van der Waals surface area contributed by atoms with E-state index in [0.717, 1.165) is 25.9 Å². The lowest BCUT2D eigenvalue weighted by Crippen LogP contribution is -2.20. The number of amides is 1. The van der Waals surface area contributed by atoms with Crippen LogP contribution in [0.2, 0.25) is 0 Å². The molecule has 0 bridgehead atoms. The predicted molar refractivity (Wildman–Crippen MR) is 100 cm³/mol. The van der Waals surface area contributed by atoms with E-state index in [1.165, 1.54) is 19.2 Å². The number of nitro groups is 1. The summed E-state index contributed by atoms with van der Waals surface area (Å²) in [5, 5.41) is 14.1. The number of methoxy groups -OCH3 is 1. The molecule has 1 aliphatic heterocycles. The summed E-state index contributed by atoms with van der Waals surface area (Å²) in [6.45, 7) is 1.54. The number of hydrogen-bond donors (Lipinski definition) is 1. The molecule has 0 atom stereocenters. The van der Waals surface area contributed by atoms with E-state index in [2.05, 4.69) is 10.1 Å². The van der Waals surface area contributed by atoms with Gasteiger partial charge in [-0.1, -0.05) is 6.07 Å². The highest BCUT2D eigenvalue weighted by Crippen LogP contribution is 2.31. The molecule has 1 heterocycles. The lowest BCUT2D eigenvalue weighted by Gasteiger charge is -2.17. The number of nitro benzene ring substituents is 1. The van der Waals surface area contributed by atoms with Crippen LogP contribution in [0.5, 0.6) is 0 Å². The minimum absolute atomic E-state index is 0.0899. The van der Waals surface area contributed by atoms with Crippen molar-refractivity contribution in [2.24, 2.45) is 0 Å². The van der Waals surface area contributed by atoms with Gasteiger partial charge in [0, 0.05) is 30.4 Å². The third-order valence-corrected chi connectivity index (χ3v) is 4.42. The molecule has 0 radical (unpaired) electrons. The number of carbonyl (C=O) groups excluding carboxylic acids is 2. The summed E-state index contributed by atoms with van der Waals surface area (Å²) >= 11 is 0. The Morgan fingerprint density at radius 3 is 2.52 bits per heavy atom. The molecular weight excluding hydrogens is 350 g/mol. The van der Waals surface area contributed by atoms with Crippen LogP contribution in [0.3, 0.4) is 0 Å². The van der Waals surface area contributed by atoms with Gasteiger partial charge in [-0.15, -0.1) is 0 Å². The fourth-order valence-electron chi connectivity index (χ4n) is 3.08. The fraction of sp³-hybridized carbons (Fsp3) is 0.263. The Morgan fingerprint density at radius 1 is 1.11 bits per heavy atom. The van der Waals surface area contributed by atoms with Crippen molar-refractivity contribution in [3.8, 4) is 0 Å². The minimum atomic E-state index is -0.517. The third kappa shape index (κ3) is 4.05. The van der Waals surface area contributed by atoms with Crippen LogP contribution in [0.4, 0.5) is 17.1 Å². The highest BCUT2D eigenvalue weighted by Gasteiger charge is 2.24. The molecule has 0 aliphatic carbocycles.